The quantitative estimate of drug-likeness (QED) is 0.511. The van der Waals surface area contributed by atoms with Crippen LogP contribution in [0.1, 0.15) is 85.5 Å². The number of allylic oxidation sites excluding steroid dienone is 4. The molecule has 4 aliphatic carbocycles. The van der Waals surface area contributed by atoms with Gasteiger partial charge in [0.1, 0.15) is 0 Å². The topological polar surface area (TPSA) is 54.4 Å². The molecular weight excluding hydrogens is 372 g/mol. The Bertz CT molecular complexity index is 764. The third kappa shape index (κ3) is 3.50. The van der Waals surface area contributed by atoms with Gasteiger partial charge in [-0.1, -0.05) is 58.3 Å². The van der Waals surface area contributed by atoms with Crippen LogP contribution in [-0.4, -0.2) is 16.9 Å². The number of hydrogen-bond acceptors (Lipinski definition) is 2. The van der Waals surface area contributed by atoms with Crippen molar-refractivity contribution in [2.75, 3.05) is 0 Å². The highest BCUT2D eigenvalue weighted by atomic mass is 16.4. The largest absolute Gasteiger partial charge is 0.481 e. The average Bonchev–Trinajstić information content (AvgIpc) is 3.05. The van der Waals surface area contributed by atoms with Gasteiger partial charge in [-0.25, -0.2) is 0 Å². The molecule has 2 saturated carbocycles. The second-order valence-electron chi connectivity index (χ2n) is 11.5. The van der Waals surface area contributed by atoms with Crippen molar-refractivity contribution in [1.29, 1.82) is 0 Å². The smallest absolute Gasteiger partial charge is 0.306 e. The number of carbonyl (C=O) groups excluding carboxylic acids is 1. The number of carbonyl (C=O) groups is 2. The van der Waals surface area contributed by atoms with Crippen LogP contribution in [-0.2, 0) is 9.59 Å². The van der Waals surface area contributed by atoms with Crippen molar-refractivity contribution in [2.45, 2.75) is 85.5 Å². The van der Waals surface area contributed by atoms with Gasteiger partial charge in [0.15, 0.2) is 5.78 Å². The Kier molecular flexibility index (Phi) is 5.79. The van der Waals surface area contributed by atoms with Crippen molar-refractivity contribution in [3.05, 3.63) is 23.8 Å². The van der Waals surface area contributed by atoms with Crippen molar-refractivity contribution in [2.24, 2.45) is 46.3 Å². The van der Waals surface area contributed by atoms with Crippen molar-refractivity contribution < 1.29 is 14.7 Å². The molecule has 4 unspecified atom stereocenters. The van der Waals surface area contributed by atoms with Gasteiger partial charge < -0.3 is 5.11 Å². The monoisotopic (exact) mass is 412 g/mol. The summed E-state index contributed by atoms with van der Waals surface area (Å²) in [5.41, 5.74) is 2.03. The first-order chi connectivity index (χ1) is 14.2. The summed E-state index contributed by atoms with van der Waals surface area (Å²) in [6.07, 6.45) is 16.7. The molecule has 30 heavy (non-hydrogen) atoms. The summed E-state index contributed by atoms with van der Waals surface area (Å²) in [6, 6.07) is 0. The number of hydrogen-bond donors (Lipinski definition) is 1. The molecule has 0 aromatic heterocycles. The molecule has 0 aliphatic heterocycles. The Hall–Kier alpha value is -1.38. The van der Waals surface area contributed by atoms with Crippen LogP contribution in [0.25, 0.3) is 0 Å². The second kappa shape index (κ2) is 7.95. The first-order valence-electron chi connectivity index (χ1n) is 12.3. The minimum absolute atomic E-state index is 0.234. The summed E-state index contributed by atoms with van der Waals surface area (Å²) >= 11 is 0. The van der Waals surface area contributed by atoms with E-state index in [0.29, 0.717) is 29.0 Å². The lowest BCUT2D eigenvalue weighted by molar-refractivity contribution is -0.141. The van der Waals surface area contributed by atoms with Crippen LogP contribution in [0, 0.1) is 46.3 Å². The molecule has 0 saturated heterocycles. The Morgan fingerprint density at radius 2 is 1.90 bits per heavy atom. The van der Waals surface area contributed by atoms with E-state index in [0.717, 1.165) is 50.4 Å². The van der Waals surface area contributed by atoms with Gasteiger partial charge in [0.2, 0.25) is 0 Å². The number of ketones is 1. The van der Waals surface area contributed by atoms with E-state index in [1.807, 2.05) is 13.0 Å². The predicted molar refractivity (Wildman–Crippen MR) is 120 cm³/mol. The SMILES string of the molecule is CC(CCC[C@H](C)C(=O)O)[C@H]1C=CC2C3CCC4=CC(=O)CC[C@]4(C)C3CC[C@@]21C. The second-order valence-corrected chi connectivity index (χ2v) is 11.5. The summed E-state index contributed by atoms with van der Waals surface area (Å²) < 4.78 is 0. The molecule has 4 rings (SSSR count). The van der Waals surface area contributed by atoms with Crippen LogP contribution >= 0.6 is 0 Å². The van der Waals surface area contributed by atoms with Crippen LogP contribution in [0.5, 0.6) is 0 Å². The zero-order valence-corrected chi connectivity index (χ0v) is 19.3. The molecule has 0 amide bonds. The molecule has 4 aliphatic rings. The fraction of sp³-hybridized carbons (Fsp3) is 0.778. The first kappa shape index (κ1) is 21.8. The number of aliphatic carboxylic acids is 1. The van der Waals surface area contributed by atoms with E-state index in [-0.39, 0.29) is 11.3 Å². The van der Waals surface area contributed by atoms with Crippen LogP contribution in [0.2, 0.25) is 0 Å². The summed E-state index contributed by atoms with van der Waals surface area (Å²) in [5.74, 6) is 2.79. The Balaban J connectivity index is 1.45. The first-order valence-corrected chi connectivity index (χ1v) is 12.3. The van der Waals surface area contributed by atoms with E-state index in [1.54, 1.807) is 0 Å². The Morgan fingerprint density at radius 1 is 1.13 bits per heavy atom. The minimum atomic E-state index is -0.669. The van der Waals surface area contributed by atoms with Crippen LogP contribution in [0.3, 0.4) is 0 Å². The van der Waals surface area contributed by atoms with Gasteiger partial charge in [-0.15, -0.1) is 0 Å². The van der Waals surface area contributed by atoms with E-state index < -0.39 is 5.97 Å². The fourth-order valence-electron chi connectivity index (χ4n) is 7.94. The summed E-state index contributed by atoms with van der Waals surface area (Å²) in [4.78, 5) is 23.1. The van der Waals surface area contributed by atoms with E-state index >= 15 is 0 Å². The Labute approximate surface area is 182 Å². The molecule has 0 heterocycles. The molecule has 0 aromatic carbocycles. The molecule has 3 nitrogen and oxygen atoms in total. The summed E-state index contributed by atoms with van der Waals surface area (Å²) in [5, 5.41) is 9.15. The highest BCUT2D eigenvalue weighted by molar-refractivity contribution is 5.91. The van der Waals surface area contributed by atoms with Crippen molar-refractivity contribution in [1.82, 2.24) is 0 Å². The average molecular weight is 413 g/mol. The van der Waals surface area contributed by atoms with Gasteiger partial charge in [0.25, 0.3) is 0 Å². The van der Waals surface area contributed by atoms with E-state index in [1.165, 1.54) is 24.8 Å². The molecule has 166 valence electrons. The minimum Gasteiger partial charge on any atom is -0.481 e. The highest BCUT2D eigenvalue weighted by Crippen LogP contribution is 2.65. The maximum absolute atomic E-state index is 12.0. The number of fused-ring (bicyclic) bond motifs is 5. The maximum atomic E-state index is 12.0. The van der Waals surface area contributed by atoms with Crippen molar-refractivity contribution in [3.8, 4) is 0 Å². The normalized spacial score (nSPS) is 42.0. The number of carboxylic acid groups (broad SMARTS) is 1. The highest BCUT2D eigenvalue weighted by Gasteiger charge is 2.57. The van der Waals surface area contributed by atoms with Crippen LogP contribution < -0.4 is 0 Å². The molecule has 0 spiro atoms. The lowest BCUT2D eigenvalue weighted by atomic mass is 9.46. The Morgan fingerprint density at radius 3 is 2.63 bits per heavy atom. The molecule has 2 fully saturated rings. The zero-order chi connectivity index (χ0) is 21.7. The lowest BCUT2D eigenvalue weighted by Gasteiger charge is -2.58. The van der Waals surface area contributed by atoms with Gasteiger partial charge in [0.05, 0.1) is 5.92 Å². The molecular formula is C27H40O3. The summed E-state index contributed by atoms with van der Waals surface area (Å²) in [7, 11) is 0. The van der Waals surface area contributed by atoms with Gasteiger partial charge in [-0.2, -0.15) is 0 Å². The van der Waals surface area contributed by atoms with Crippen molar-refractivity contribution in [3.63, 3.8) is 0 Å². The standard InChI is InChI=1S/C27H40O3/c1-17(6-5-7-18(2)25(29)30)22-10-11-23-21-9-8-19-16-20(28)12-14-26(19,3)24(21)13-15-27(22,23)4/h10-11,16-18,21-24H,5-9,12-15H2,1-4H3,(H,29,30)/t17?,18-,21?,22+,23?,24?,26-,27+/m0/s1. The van der Waals surface area contributed by atoms with Gasteiger partial charge in [-0.3, -0.25) is 9.59 Å². The number of rotatable bonds is 6. The van der Waals surface area contributed by atoms with Crippen LogP contribution in [0.15, 0.2) is 23.8 Å². The number of carboxylic acids is 1. The van der Waals surface area contributed by atoms with Gasteiger partial charge in [0, 0.05) is 6.42 Å². The third-order valence-electron chi connectivity index (χ3n) is 9.88. The predicted octanol–water partition coefficient (Wildman–Crippen LogP) is 6.44. The molecule has 0 bridgehead atoms. The molecule has 0 aromatic rings. The van der Waals surface area contributed by atoms with Crippen molar-refractivity contribution >= 4 is 11.8 Å². The molecule has 0 radical (unpaired) electrons. The zero-order valence-electron chi connectivity index (χ0n) is 19.3. The summed E-state index contributed by atoms with van der Waals surface area (Å²) in [6.45, 7) is 9.20. The lowest BCUT2D eigenvalue weighted by Crippen LogP contribution is -2.51. The fourth-order valence-corrected chi connectivity index (χ4v) is 7.94. The van der Waals surface area contributed by atoms with Gasteiger partial charge >= 0.3 is 5.97 Å². The third-order valence-corrected chi connectivity index (χ3v) is 9.88. The van der Waals surface area contributed by atoms with E-state index in [9.17, 15) is 9.59 Å². The molecule has 1 N–H and O–H groups in total. The van der Waals surface area contributed by atoms with E-state index in [4.69, 9.17) is 5.11 Å². The molecule has 8 atom stereocenters. The van der Waals surface area contributed by atoms with E-state index in [2.05, 4.69) is 32.9 Å². The van der Waals surface area contributed by atoms with Crippen LogP contribution in [0.4, 0.5) is 0 Å². The molecule has 3 heteroatoms. The van der Waals surface area contributed by atoms with Gasteiger partial charge in [-0.05, 0) is 85.0 Å². The maximum Gasteiger partial charge on any atom is 0.306 e.